The van der Waals surface area contributed by atoms with Crippen LogP contribution in [0.1, 0.15) is 20.8 Å². The van der Waals surface area contributed by atoms with Crippen molar-refractivity contribution in [2.45, 2.75) is 37.7 Å². The van der Waals surface area contributed by atoms with Gasteiger partial charge in [0.1, 0.15) is 0 Å². The van der Waals surface area contributed by atoms with Gasteiger partial charge in [0.05, 0.1) is 0 Å². The zero-order valence-corrected chi connectivity index (χ0v) is 14.4. The molecule has 1 N–H and O–H groups in total. The Labute approximate surface area is 131 Å². The van der Waals surface area contributed by atoms with Crippen molar-refractivity contribution in [3.8, 4) is 0 Å². The molecule has 0 radical (unpaired) electrons. The predicted molar refractivity (Wildman–Crippen MR) is 82.1 cm³/mol. The molecule has 1 amide bonds. The maximum absolute atomic E-state index is 12.0. The van der Waals surface area contributed by atoms with Crippen LogP contribution in [0.3, 0.4) is 0 Å². The van der Waals surface area contributed by atoms with Gasteiger partial charge in [0, 0.05) is 0 Å². The van der Waals surface area contributed by atoms with Gasteiger partial charge in [0.15, 0.2) is 0 Å². The number of carboxylic acids is 1. The number of nitrogens with zero attached hydrogens (tertiary/aromatic N) is 1. The van der Waals surface area contributed by atoms with Gasteiger partial charge >= 0.3 is 131 Å². The van der Waals surface area contributed by atoms with Gasteiger partial charge in [-0.05, 0) is 0 Å². The minimum atomic E-state index is -1.01. The molecule has 1 atom stereocenters. The van der Waals surface area contributed by atoms with Crippen molar-refractivity contribution >= 4 is 31.5 Å². The van der Waals surface area contributed by atoms with Gasteiger partial charge in [-0.3, -0.25) is 0 Å². The van der Waals surface area contributed by atoms with E-state index < -0.39 is 23.7 Å². The van der Waals surface area contributed by atoms with Crippen LogP contribution in [0.15, 0.2) is 30.3 Å². The Kier molecular flexibility index (Phi) is 6.24. The molecule has 0 unspecified atom stereocenters. The van der Waals surface area contributed by atoms with Gasteiger partial charge in [-0.1, -0.05) is 0 Å². The third kappa shape index (κ3) is 6.19. The van der Waals surface area contributed by atoms with E-state index in [1.54, 1.807) is 20.8 Å². The van der Waals surface area contributed by atoms with Crippen molar-refractivity contribution in [1.29, 1.82) is 0 Å². The number of aliphatic carboxylic acids is 1. The Hall–Kier alpha value is -1.52. The van der Waals surface area contributed by atoms with Crippen molar-refractivity contribution in [3.63, 3.8) is 0 Å². The van der Waals surface area contributed by atoms with Crippen LogP contribution in [0.4, 0.5) is 4.79 Å². The summed E-state index contributed by atoms with van der Waals surface area (Å²) in [4.78, 5) is 24.5. The summed E-state index contributed by atoms with van der Waals surface area (Å²) in [6, 6.07) is 8.81. The number of likely N-dealkylation sites (N-methyl/N-ethyl adjacent to an activating group) is 1. The van der Waals surface area contributed by atoms with Crippen LogP contribution in [-0.2, 0) is 9.53 Å². The molecular formula is C15H21NO4Se. The fourth-order valence-electron chi connectivity index (χ4n) is 1.50. The zero-order valence-electron chi connectivity index (χ0n) is 12.7. The van der Waals surface area contributed by atoms with Crippen molar-refractivity contribution in [3.05, 3.63) is 30.3 Å². The number of rotatable bonds is 5. The molecule has 5 nitrogen and oxygen atoms in total. The van der Waals surface area contributed by atoms with E-state index >= 15 is 0 Å². The van der Waals surface area contributed by atoms with Crippen LogP contribution in [0.2, 0.25) is 5.32 Å². The second-order valence-corrected chi connectivity index (χ2v) is 7.86. The average molecular weight is 358 g/mol. The summed E-state index contributed by atoms with van der Waals surface area (Å²) in [5, 5.41) is 9.73. The molecule has 21 heavy (non-hydrogen) atoms. The van der Waals surface area contributed by atoms with Crippen LogP contribution in [-0.4, -0.2) is 55.7 Å². The molecule has 1 aromatic rings. The molecule has 0 aliphatic heterocycles. The first kappa shape index (κ1) is 17.5. The first-order chi connectivity index (χ1) is 9.70. The third-order valence-electron chi connectivity index (χ3n) is 2.59. The van der Waals surface area contributed by atoms with E-state index in [0.29, 0.717) is 5.32 Å². The summed E-state index contributed by atoms with van der Waals surface area (Å²) in [5.74, 6) is -1.01. The summed E-state index contributed by atoms with van der Waals surface area (Å²) < 4.78 is 6.32. The number of carbonyl (C=O) groups is 2. The number of amides is 1. The number of hydrogen-bond donors (Lipinski definition) is 1. The van der Waals surface area contributed by atoms with Gasteiger partial charge in [-0.25, -0.2) is 0 Å². The van der Waals surface area contributed by atoms with E-state index in [4.69, 9.17) is 4.74 Å². The number of carboxylic acid groups (broad SMARTS) is 1. The molecule has 0 spiro atoms. The Morgan fingerprint density at radius 3 is 2.33 bits per heavy atom. The Morgan fingerprint density at radius 1 is 1.29 bits per heavy atom. The van der Waals surface area contributed by atoms with Gasteiger partial charge < -0.3 is 0 Å². The normalized spacial score (nSPS) is 12.6. The molecule has 0 saturated heterocycles. The van der Waals surface area contributed by atoms with Gasteiger partial charge in [-0.2, -0.15) is 0 Å². The molecule has 1 rings (SSSR count). The van der Waals surface area contributed by atoms with E-state index in [-0.39, 0.29) is 15.0 Å². The SMILES string of the molecule is CN(C(=O)OC(C)(C)C)[C@@H](C[Se]c1ccccc1)C(=O)O. The molecule has 6 heteroatoms. The van der Waals surface area contributed by atoms with Crippen molar-refractivity contribution < 1.29 is 19.4 Å². The molecule has 0 saturated carbocycles. The summed E-state index contributed by atoms with van der Waals surface area (Å²) in [5.41, 5.74) is -0.640. The summed E-state index contributed by atoms with van der Waals surface area (Å²) in [6.07, 6.45) is -0.612. The molecule has 0 heterocycles. The Morgan fingerprint density at radius 2 is 1.86 bits per heavy atom. The fraction of sp³-hybridized carbons (Fsp3) is 0.467. The fourth-order valence-corrected chi connectivity index (χ4v) is 3.74. The standard InChI is InChI=1S/C15H21NO4Se/c1-15(2,3)20-14(19)16(4)12(13(17)18)10-21-11-8-6-5-7-9-11/h5-9,12H,10H2,1-4H3,(H,17,18)/t12-/m0/s1. The number of benzene rings is 1. The van der Waals surface area contributed by atoms with Crippen LogP contribution < -0.4 is 4.46 Å². The topological polar surface area (TPSA) is 66.8 Å². The van der Waals surface area contributed by atoms with Gasteiger partial charge in [0.2, 0.25) is 0 Å². The molecule has 0 aliphatic rings. The van der Waals surface area contributed by atoms with E-state index in [1.807, 2.05) is 30.3 Å². The Bertz CT molecular complexity index is 484. The van der Waals surface area contributed by atoms with E-state index in [0.717, 1.165) is 9.36 Å². The second-order valence-electron chi connectivity index (χ2n) is 5.57. The maximum atomic E-state index is 12.0. The summed E-state index contributed by atoms with van der Waals surface area (Å²) in [7, 11) is 1.47. The molecule has 0 aromatic heterocycles. The number of hydrogen-bond acceptors (Lipinski definition) is 3. The second kappa shape index (κ2) is 7.48. The molecule has 1 aromatic carbocycles. The zero-order chi connectivity index (χ0) is 16.0. The van der Waals surface area contributed by atoms with Crippen molar-refractivity contribution in [2.24, 2.45) is 0 Å². The molecule has 0 aliphatic carbocycles. The van der Waals surface area contributed by atoms with Gasteiger partial charge in [0.25, 0.3) is 0 Å². The first-order valence-corrected chi connectivity index (χ1v) is 8.64. The average Bonchev–Trinajstić information content (AvgIpc) is 2.37. The first-order valence-electron chi connectivity index (χ1n) is 6.57. The number of carbonyl (C=O) groups excluding carboxylic acids is 1. The van der Waals surface area contributed by atoms with Crippen molar-refractivity contribution in [1.82, 2.24) is 4.90 Å². The van der Waals surface area contributed by atoms with E-state index in [1.165, 1.54) is 7.05 Å². The predicted octanol–water partition coefficient (Wildman–Crippen LogP) is 1.75. The van der Waals surface area contributed by atoms with Crippen LogP contribution in [0, 0.1) is 0 Å². The van der Waals surface area contributed by atoms with Gasteiger partial charge in [-0.15, -0.1) is 0 Å². The molecular weight excluding hydrogens is 337 g/mol. The quantitative estimate of drug-likeness (QED) is 0.815. The monoisotopic (exact) mass is 359 g/mol. The summed E-state index contributed by atoms with van der Waals surface area (Å²) >= 11 is -0.0133. The summed E-state index contributed by atoms with van der Waals surface area (Å²) in [6.45, 7) is 5.26. The van der Waals surface area contributed by atoms with Crippen LogP contribution in [0.5, 0.6) is 0 Å². The van der Waals surface area contributed by atoms with Crippen molar-refractivity contribution in [2.75, 3.05) is 7.05 Å². The Balaban J connectivity index is 2.68. The molecule has 0 bridgehead atoms. The van der Waals surface area contributed by atoms with E-state index in [2.05, 4.69) is 0 Å². The van der Waals surface area contributed by atoms with Crippen LogP contribution >= 0.6 is 0 Å². The van der Waals surface area contributed by atoms with E-state index in [9.17, 15) is 14.7 Å². The molecule has 0 fully saturated rings. The minimum absolute atomic E-state index is 0.0133. The third-order valence-corrected chi connectivity index (χ3v) is 4.87. The molecule has 116 valence electrons. The van der Waals surface area contributed by atoms with Crippen LogP contribution in [0.25, 0.3) is 0 Å². The number of ether oxygens (including phenoxy) is 1.